The quantitative estimate of drug-likeness (QED) is 0.790. The molecule has 2 aliphatic heterocycles. The molecule has 0 saturated carbocycles. The summed E-state index contributed by atoms with van der Waals surface area (Å²) in [5.41, 5.74) is 1.01. The van der Waals surface area contributed by atoms with Gasteiger partial charge in [-0.15, -0.1) is 0 Å². The lowest BCUT2D eigenvalue weighted by Gasteiger charge is -2.18. The molecule has 0 radical (unpaired) electrons. The number of carbonyl (C=O) groups excluding carboxylic acids is 2. The van der Waals surface area contributed by atoms with Gasteiger partial charge in [0.25, 0.3) is 11.8 Å². The number of amides is 2. The first-order valence-corrected chi connectivity index (χ1v) is 8.06. The first-order valence-electron chi connectivity index (χ1n) is 8.06. The van der Waals surface area contributed by atoms with Crippen molar-refractivity contribution < 1.29 is 28.5 Å². The molecule has 0 aliphatic carbocycles. The number of ether oxygens (including phenoxy) is 4. The fourth-order valence-electron chi connectivity index (χ4n) is 2.62. The molecule has 2 heterocycles. The van der Waals surface area contributed by atoms with Gasteiger partial charge in [-0.1, -0.05) is 0 Å². The Morgan fingerprint density at radius 3 is 2.88 bits per heavy atom. The second-order valence-corrected chi connectivity index (χ2v) is 5.67. The molecular formula is C18H16N2O6. The molecule has 2 aliphatic rings. The molecule has 0 bridgehead atoms. The van der Waals surface area contributed by atoms with E-state index in [0.717, 1.165) is 0 Å². The zero-order chi connectivity index (χ0) is 17.9. The van der Waals surface area contributed by atoms with E-state index in [0.29, 0.717) is 47.4 Å². The van der Waals surface area contributed by atoms with E-state index < -0.39 is 0 Å². The molecule has 0 saturated heterocycles. The van der Waals surface area contributed by atoms with Gasteiger partial charge in [0.05, 0.1) is 12.2 Å². The SMILES string of the molecule is O=C1COc2cc(C(=O)NCCOc3ccc4c(c3)OCO4)ccc2N1. The zero-order valence-corrected chi connectivity index (χ0v) is 13.7. The highest BCUT2D eigenvalue weighted by Crippen LogP contribution is 2.35. The van der Waals surface area contributed by atoms with E-state index in [1.54, 1.807) is 36.4 Å². The summed E-state index contributed by atoms with van der Waals surface area (Å²) >= 11 is 0. The van der Waals surface area contributed by atoms with Crippen molar-refractivity contribution in [2.75, 3.05) is 31.9 Å². The number of benzene rings is 2. The summed E-state index contributed by atoms with van der Waals surface area (Å²) < 4.78 is 21.4. The summed E-state index contributed by atoms with van der Waals surface area (Å²) in [4.78, 5) is 23.5. The van der Waals surface area contributed by atoms with Crippen molar-refractivity contribution in [3.63, 3.8) is 0 Å². The van der Waals surface area contributed by atoms with Gasteiger partial charge in [-0.2, -0.15) is 0 Å². The van der Waals surface area contributed by atoms with Gasteiger partial charge in [0, 0.05) is 11.6 Å². The maximum Gasteiger partial charge on any atom is 0.262 e. The molecule has 4 rings (SSSR count). The van der Waals surface area contributed by atoms with Crippen LogP contribution in [0, 0.1) is 0 Å². The van der Waals surface area contributed by atoms with Gasteiger partial charge in [0.15, 0.2) is 18.1 Å². The third-order valence-corrected chi connectivity index (χ3v) is 3.88. The molecular weight excluding hydrogens is 340 g/mol. The second-order valence-electron chi connectivity index (χ2n) is 5.67. The lowest BCUT2D eigenvalue weighted by atomic mass is 10.1. The topological polar surface area (TPSA) is 95.1 Å². The van der Waals surface area contributed by atoms with Gasteiger partial charge in [0.1, 0.15) is 18.1 Å². The van der Waals surface area contributed by atoms with E-state index in [1.165, 1.54) is 0 Å². The Hall–Kier alpha value is -3.42. The molecule has 2 N–H and O–H groups in total. The van der Waals surface area contributed by atoms with E-state index in [1.807, 2.05) is 0 Å². The van der Waals surface area contributed by atoms with Gasteiger partial charge in [0.2, 0.25) is 6.79 Å². The first kappa shape index (κ1) is 16.1. The highest BCUT2D eigenvalue weighted by molar-refractivity contribution is 5.98. The number of anilines is 1. The number of rotatable bonds is 5. The second kappa shape index (κ2) is 6.83. The van der Waals surface area contributed by atoms with Crippen LogP contribution in [0.3, 0.4) is 0 Å². The van der Waals surface area contributed by atoms with Crippen molar-refractivity contribution in [3.8, 4) is 23.0 Å². The van der Waals surface area contributed by atoms with Crippen LogP contribution in [0.15, 0.2) is 36.4 Å². The van der Waals surface area contributed by atoms with E-state index in [2.05, 4.69) is 10.6 Å². The van der Waals surface area contributed by atoms with Gasteiger partial charge in [-0.25, -0.2) is 0 Å². The molecule has 8 heteroatoms. The summed E-state index contributed by atoms with van der Waals surface area (Å²) in [5.74, 6) is 2.00. The predicted molar refractivity (Wildman–Crippen MR) is 91.0 cm³/mol. The van der Waals surface area contributed by atoms with Crippen molar-refractivity contribution in [3.05, 3.63) is 42.0 Å². The molecule has 0 spiro atoms. The molecule has 0 atom stereocenters. The van der Waals surface area contributed by atoms with Crippen LogP contribution < -0.4 is 29.6 Å². The first-order chi connectivity index (χ1) is 12.7. The van der Waals surface area contributed by atoms with Crippen LogP contribution in [0.2, 0.25) is 0 Å². The van der Waals surface area contributed by atoms with Gasteiger partial charge in [-0.3, -0.25) is 9.59 Å². The predicted octanol–water partition coefficient (Wildman–Crippen LogP) is 1.55. The summed E-state index contributed by atoms with van der Waals surface area (Å²) in [5, 5.41) is 5.45. The summed E-state index contributed by atoms with van der Waals surface area (Å²) in [6, 6.07) is 10.2. The monoisotopic (exact) mass is 356 g/mol. The highest BCUT2D eigenvalue weighted by Gasteiger charge is 2.18. The molecule has 2 amide bonds. The molecule has 0 fully saturated rings. The average molecular weight is 356 g/mol. The van der Waals surface area contributed by atoms with E-state index >= 15 is 0 Å². The van der Waals surface area contributed by atoms with E-state index in [-0.39, 0.29) is 25.2 Å². The Balaban J connectivity index is 1.28. The number of fused-ring (bicyclic) bond motifs is 2. The van der Waals surface area contributed by atoms with Crippen molar-refractivity contribution in [2.45, 2.75) is 0 Å². The zero-order valence-electron chi connectivity index (χ0n) is 13.7. The smallest absolute Gasteiger partial charge is 0.262 e. The van der Waals surface area contributed by atoms with Gasteiger partial charge < -0.3 is 29.6 Å². The Kier molecular flexibility index (Phi) is 4.22. The molecule has 8 nitrogen and oxygen atoms in total. The van der Waals surface area contributed by atoms with Crippen LogP contribution >= 0.6 is 0 Å². The standard InChI is InChI=1S/C18H16N2O6/c21-17-9-24-15-7-11(1-3-13(15)20-17)18(22)19-5-6-23-12-2-4-14-16(8-12)26-10-25-14/h1-4,7-8H,5-6,9-10H2,(H,19,22)(H,20,21). The lowest BCUT2D eigenvalue weighted by molar-refractivity contribution is -0.118. The van der Waals surface area contributed by atoms with Crippen molar-refractivity contribution in [2.24, 2.45) is 0 Å². The maximum absolute atomic E-state index is 12.2. The van der Waals surface area contributed by atoms with Gasteiger partial charge in [-0.05, 0) is 30.3 Å². The minimum Gasteiger partial charge on any atom is -0.492 e. The van der Waals surface area contributed by atoms with Crippen LogP contribution in [-0.2, 0) is 4.79 Å². The van der Waals surface area contributed by atoms with Crippen molar-refractivity contribution >= 4 is 17.5 Å². The van der Waals surface area contributed by atoms with Gasteiger partial charge >= 0.3 is 0 Å². The number of hydrogen-bond acceptors (Lipinski definition) is 6. The number of hydrogen-bond donors (Lipinski definition) is 2. The normalized spacial score (nSPS) is 14.1. The number of carbonyl (C=O) groups is 2. The van der Waals surface area contributed by atoms with Crippen LogP contribution in [0.4, 0.5) is 5.69 Å². The fourth-order valence-corrected chi connectivity index (χ4v) is 2.62. The van der Waals surface area contributed by atoms with Crippen LogP contribution in [0.25, 0.3) is 0 Å². The van der Waals surface area contributed by atoms with E-state index in [4.69, 9.17) is 18.9 Å². The molecule has 2 aromatic rings. The Morgan fingerprint density at radius 1 is 1.08 bits per heavy atom. The minimum atomic E-state index is -0.248. The number of nitrogens with one attached hydrogen (secondary N) is 2. The minimum absolute atomic E-state index is 0.0541. The summed E-state index contributed by atoms with van der Waals surface area (Å²) in [6.07, 6.45) is 0. The Bertz CT molecular complexity index is 867. The highest BCUT2D eigenvalue weighted by atomic mass is 16.7. The van der Waals surface area contributed by atoms with Crippen LogP contribution in [-0.4, -0.2) is 38.4 Å². The molecule has 134 valence electrons. The van der Waals surface area contributed by atoms with E-state index in [9.17, 15) is 9.59 Å². The summed E-state index contributed by atoms with van der Waals surface area (Å²) in [7, 11) is 0. The molecule has 0 unspecified atom stereocenters. The largest absolute Gasteiger partial charge is 0.492 e. The third kappa shape index (κ3) is 3.34. The summed E-state index contributed by atoms with van der Waals surface area (Å²) in [6.45, 7) is 0.801. The Morgan fingerprint density at radius 2 is 1.96 bits per heavy atom. The Labute approximate surface area is 149 Å². The van der Waals surface area contributed by atoms with Crippen molar-refractivity contribution in [1.82, 2.24) is 5.32 Å². The molecule has 2 aromatic carbocycles. The van der Waals surface area contributed by atoms with Crippen LogP contribution in [0.1, 0.15) is 10.4 Å². The molecule has 26 heavy (non-hydrogen) atoms. The average Bonchev–Trinajstić information content (AvgIpc) is 3.12. The van der Waals surface area contributed by atoms with Crippen LogP contribution in [0.5, 0.6) is 23.0 Å². The molecule has 0 aromatic heterocycles. The van der Waals surface area contributed by atoms with Crippen molar-refractivity contribution in [1.29, 1.82) is 0 Å². The fraction of sp³-hybridized carbons (Fsp3) is 0.222. The lowest BCUT2D eigenvalue weighted by Crippen LogP contribution is -2.29. The maximum atomic E-state index is 12.2. The third-order valence-electron chi connectivity index (χ3n) is 3.88.